The van der Waals surface area contributed by atoms with Crippen LogP contribution in [0.4, 0.5) is 55.9 Å². The molecule has 2 aromatic rings. The zero-order valence-electron chi connectivity index (χ0n) is 14.5. The normalized spacial score (nSPS) is 12.6. The van der Waals surface area contributed by atoms with Gasteiger partial charge in [0.25, 0.3) is 0 Å². The molecule has 0 saturated heterocycles. The highest BCUT2D eigenvalue weighted by molar-refractivity contribution is 5.98. The number of aromatic nitrogens is 2. The van der Waals surface area contributed by atoms with Gasteiger partial charge in [0.05, 0.1) is 5.56 Å². The van der Waals surface area contributed by atoms with Crippen LogP contribution in [0.25, 0.3) is 0 Å². The maximum Gasteiger partial charge on any atom is 0.433 e. The fourth-order valence-electron chi connectivity index (χ4n) is 2.10. The molecule has 0 fully saturated rings. The number of aryl methyl sites for hydroxylation is 1. The molecule has 1 heterocycles. The summed E-state index contributed by atoms with van der Waals surface area (Å²) < 4.78 is 113. The van der Waals surface area contributed by atoms with Crippen molar-refractivity contribution in [1.82, 2.24) is 9.97 Å². The summed E-state index contributed by atoms with van der Waals surface area (Å²) in [6.45, 7) is 0. The summed E-state index contributed by atoms with van der Waals surface area (Å²) in [6, 6.07) is 2.21. The number of benzene rings is 1. The maximum atomic E-state index is 12.9. The van der Waals surface area contributed by atoms with E-state index >= 15 is 0 Å². The highest BCUT2D eigenvalue weighted by Crippen LogP contribution is 2.31. The summed E-state index contributed by atoms with van der Waals surface area (Å²) in [5.41, 5.74) is -3.31. The minimum absolute atomic E-state index is 0.134. The molecule has 0 atom stereocenters. The number of urea groups is 1. The van der Waals surface area contributed by atoms with Crippen LogP contribution >= 0.6 is 0 Å². The molecule has 0 saturated carbocycles. The molecule has 0 spiro atoms. The van der Waals surface area contributed by atoms with Gasteiger partial charge in [0, 0.05) is 17.8 Å². The van der Waals surface area contributed by atoms with Gasteiger partial charge in [0.1, 0.15) is 5.69 Å². The Hall–Kier alpha value is -3.06. The number of carbonyl (C=O) groups is 1. The summed E-state index contributed by atoms with van der Waals surface area (Å²) >= 11 is 0. The Morgan fingerprint density at radius 3 is 1.93 bits per heavy atom. The first kappa shape index (κ1) is 23.2. The highest BCUT2D eigenvalue weighted by atomic mass is 19.4. The van der Waals surface area contributed by atoms with E-state index in [1.165, 1.54) is 0 Å². The summed E-state index contributed by atoms with van der Waals surface area (Å²) in [5, 5.41) is 3.85. The molecular weight excluding hydrogens is 435 g/mol. The molecular formula is C16H11F9N4O. The van der Waals surface area contributed by atoms with Crippen molar-refractivity contribution in [3.8, 4) is 0 Å². The summed E-state index contributed by atoms with van der Waals surface area (Å²) in [6.07, 6.45) is -16.6. The second-order valence-electron chi connectivity index (χ2n) is 5.84. The van der Waals surface area contributed by atoms with Crippen LogP contribution in [-0.2, 0) is 18.8 Å². The van der Waals surface area contributed by atoms with Crippen molar-refractivity contribution in [3.05, 3.63) is 47.3 Å². The molecule has 0 unspecified atom stereocenters. The van der Waals surface area contributed by atoms with Crippen LogP contribution in [0.5, 0.6) is 0 Å². The first-order valence-corrected chi connectivity index (χ1v) is 7.91. The number of nitrogens with zero attached hydrogens (tertiary/aromatic N) is 2. The van der Waals surface area contributed by atoms with Crippen molar-refractivity contribution in [2.24, 2.45) is 0 Å². The number of alkyl halides is 9. The molecule has 1 aromatic heterocycles. The van der Waals surface area contributed by atoms with Gasteiger partial charge in [-0.15, -0.1) is 0 Å². The van der Waals surface area contributed by atoms with E-state index in [9.17, 15) is 44.3 Å². The first-order chi connectivity index (χ1) is 13.6. The van der Waals surface area contributed by atoms with Gasteiger partial charge >= 0.3 is 24.6 Å². The van der Waals surface area contributed by atoms with Gasteiger partial charge in [-0.05, 0) is 36.8 Å². The third-order valence-corrected chi connectivity index (χ3v) is 3.43. The molecule has 0 aliphatic rings. The predicted octanol–water partition coefficient (Wildman–Crippen LogP) is 5.65. The molecule has 0 bridgehead atoms. The SMILES string of the molecule is O=C(Nc1ccc(C(F)(F)F)cc1)Nc1nc(CCC(F)(F)F)cc(C(F)(F)F)n1. The van der Waals surface area contributed by atoms with Gasteiger partial charge in [-0.25, -0.2) is 14.8 Å². The van der Waals surface area contributed by atoms with Gasteiger partial charge in [-0.1, -0.05) is 0 Å². The Kier molecular flexibility index (Phi) is 6.47. The van der Waals surface area contributed by atoms with E-state index in [1.807, 2.05) is 10.6 Å². The largest absolute Gasteiger partial charge is 0.433 e. The number of carbonyl (C=O) groups excluding carboxylic acids is 1. The molecule has 1 aromatic carbocycles. The van der Waals surface area contributed by atoms with Crippen molar-refractivity contribution in [2.45, 2.75) is 31.4 Å². The van der Waals surface area contributed by atoms with E-state index in [0.29, 0.717) is 18.2 Å². The zero-order chi connectivity index (χ0) is 22.7. The Balaban J connectivity index is 2.16. The van der Waals surface area contributed by atoms with Gasteiger partial charge in [0.15, 0.2) is 0 Å². The van der Waals surface area contributed by atoms with Crippen LogP contribution in [0.2, 0.25) is 0 Å². The summed E-state index contributed by atoms with van der Waals surface area (Å²) in [5.74, 6) is -0.925. The Morgan fingerprint density at radius 1 is 0.833 bits per heavy atom. The molecule has 5 nitrogen and oxygen atoms in total. The van der Waals surface area contributed by atoms with Crippen molar-refractivity contribution >= 4 is 17.7 Å². The molecule has 2 amide bonds. The van der Waals surface area contributed by atoms with E-state index in [1.54, 1.807) is 0 Å². The number of amides is 2. The van der Waals surface area contributed by atoms with E-state index in [0.717, 1.165) is 12.1 Å². The minimum atomic E-state index is -5.02. The minimum Gasteiger partial charge on any atom is -0.308 e. The number of anilines is 2. The average Bonchev–Trinajstić information content (AvgIpc) is 2.58. The second-order valence-corrected chi connectivity index (χ2v) is 5.84. The lowest BCUT2D eigenvalue weighted by Crippen LogP contribution is -2.23. The number of halogens is 9. The molecule has 30 heavy (non-hydrogen) atoms. The summed E-state index contributed by atoms with van der Waals surface area (Å²) in [7, 11) is 0. The van der Waals surface area contributed by atoms with Crippen molar-refractivity contribution in [2.75, 3.05) is 10.6 Å². The topological polar surface area (TPSA) is 66.9 Å². The monoisotopic (exact) mass is 446 g/mol. The van der Waals surface area contributed by atoms with Crippen LogP contribution in [0.3, 0.4) is 0 Å². The van der Waals surface area contributed by atoms with Gasteiger partial charge < -0.3 is 5.32 Å². The van der Waals surface area contributed by atoms with E-state index in [2.05, 4.69) is 9.97 Å². The van der Waals surface area contributed by atoms with E-state index in [4.69, 9.17) is 0 Å². The van der Waals surface area contributed by atoms with Crippen molar-refractivity contribution in [3.63, 3.8) is 0 Å². The van der Waals surface area contributed by atoms with Crippen LogP contribution in [0.15, 0.2) is 30.3 Å². The van der Waals surface area contributed by atoms with E-state index < -0.39 is 60.3 Å². The summed E-state index contributed by atoms with van der Waals surface area (Å²) in [4.78, 5) is 18.4. The van der Waals surface area contributed by atoms with Gasteiger partial charge in [-0.3, -0.25) is 5.32 Å². The lowest BCUT2D eigenvalue weighted by Gasteiger charge is -2.13. The lowest BCUT2D eigenvalue weighted by atomic mass is 10.2. The van der Waals surface area contributed by atoms with Crippen LogP contribution in [0.1, 0.15) is 23.4 Å². The molecule has 14 heteroatoms. The van der Waals surface area contributed by atoms with Crippen LogP contribution in [-0.4, -0.2) is 22.2 Å². The standard InChI is InChI=1S/C16H11F9N4O/c17-14(18,19)6-5-10-7-11(16(23,24)25)28-12(26-10)29-13(30)27-9-3-1-8(2-4-9)15(20,21)22/h1-4,7H,5-6H2,(H2,26,27,28,29,30). The van der Waals surface area contributed by atoms with E-state index in [-0.39, 0.29) is 5.69 Å². The quantitative estimate of drug-likeness (QED) is 0.597. The Labute approximate surface area is 162 Å². The molecule has 2 N–H and O–H groups in total. The first-order valence-electron chi connectivity index (χ1n) is 7.91. The maximum absolute atomic E-state index is 12.9. The number of hydrogen-bond donors (Lipinski definition) is 2. The molecule has 164 valence electrons. The van der Waals surface area contributed by atoms with Crippen molar-refractivity contribution in [1.29, 1.82) is 0 Å². The van der Waals surface area contributed by atoms with Gasteiger partial charge in [0.2, 0.25) is 5.95 Å². The molecule has 0 aliphatic carbocycles. The number of hydrogen-bond acceptors (Lipinski definition) is 3. The fourth-order valence-corrected chi connectivity index (χ4v) is 2.10. The smallest absolute Gasteiger partial charge is 0.308 e. The van der Waals surface area contributed by atoms with Crippen LogP contribution in [0, 0.1) is 0 Å². The Morgan fingerprint density at radius 2 is 1.43 bits per heavy atom. The second kappa shape index (κ2) is 8.36. The highest BCUT2D eigenvalue weighted by Gasteiger charge is 2.35. The molecule has 0 aliphatic heterocycles. The fraction of sp³-hybridized carbons (Fsp3) is 0.312. The number of nitrogens with one attached hydrogen (secondary N) is 2. The number of rotatable bonds is 4. The predicted molar refractivity (Wildman–Crippen MR) is 85.5 cm³/mol. The third-order valence-electron chi connectivity index (χ3n) is 3.43. The van der Waals surface area contributed by atoms with Crippen molar-refractivity contribution < 1.29 is 44.3 Å². The third kappa shape index (κ3) is 7.08. The molecule has 2 rings (SSSR count). The van der Waals surface area contributed by atoms with Gasteiger partial charge in [-0.2, -0.15) is 39.5 Å². The lowest BCUT2D eigenvalue weighted by molar-refractivity contribution is -0.141. The molecule has 0 radical (unpaired) electrons. The van der Waals surface area contributed by atoms with Crippen LogP contribution < -0.4 is 10.6 Å². The average molecular weight is 446 g/mol. The zero-order valence-corrected chi connectivity index (χ0v) is 14.5. The Bertz CT molecular complexity index is 890.